The Morgan fingerprint density at radius 1 is 0.745 bits per heavy atom. The van der Waals surface area contributed by atoms with Crippen molar-refractivity contribution in [2.45, 2.75) is 23.6 Å². The monoisotopic (exact) mass is 685 g/mol. The fourth-order valence-corrected chi connectivity index (χ4v) is 7.16. The molecule has 4 heterocycles. The summed E-state index contributed by atoms with van der Waals surface area (Å²) < 4.78 is 53.2. The first-order chi connectivity index (χ1) is 22.1. The summed E-state index contributed by atoms with van der Waals surface area (Å²) in [6.07, 6.45) is 10.3. The maximum absolute atomic E-state index is 12.9. The predicted molar refractivity (Wildman–Crippen MR) is 180 cm³/mol. The highest BCUT2D eigenvalue weighted by Gasteiger charge is 2.23. The molecule has 0 unspecified atom stereocenters. The van der Waals surface area contributed by atoms with E-state index in [0.29, 0.717) is 28.7 Å². The van der Waals surface area contributed by atoms with Gasteiger partial charge < -0.3 is 0 Å². The van der Waals surface area contributed by atoms with Crippen LogP contribution in [0.1, 0.15) is 27.0 Å². The molecular weight excluding hydrogens is 658 g/mol. The van der Waals surface area contributed by atoms with Crippen molar-refractivity contribution < 1.29 is 21.6 Å². The van der Waals surface area contributed by atoms with Crippen molar-refractivity contribution in [3.05, 3.63) is 144 Å². The quantitative estimate of drug-likeness (QED) is 0.178. The van der Waals surface area contributed by atoms with E-state index < -0.39 is 20.0 Å². The molecule has 47 heavy (non-hydrogen) atoms. The molecule has 2 aromatic carbocycles. The van der Waals surface area contributed by atoms with Crippen molar-refractivity contribution in [3.63, 3.8) is 0 Å². The zero-order chi connectivity index (χ0) is 32.9. The average molecular weight is 686 g/mol. The highest BCUT2D eigenvalue weighted by molar-refractivity contribution is 7.90. The van der Waals surface area contributed by atoms with Gasteiger partial charge in [0.1, 0.15) is 15.9 Å². The Balaban J connectivity index is 0.000000208. The number of rotatable bonds is 7. The van der Waals surface area contributed by atoms with E-state index in [1.54, 1.807) is 18.2 Å². The molecule has 0 radical (unpaired) electrons. The second-order valence-electron chi connectivity index (χ2n) is 10.2. The van der Waals surface area contributed by atoms with Gasteiger partial charge in [0.2, 0.25) is 0 Å². The lowest BCUT2D eigenvalue weighted by molar-refractivity contribution is 0.112. The molecule has 0 atom stereocenters. The van der Waals surface area contributed by atoms with Crippen LogP contribution >= 0.6 is 12.4 Å². The number of nitriles is 1. The largest absolute Gasteiger partial charge is 0.298 e. The number of hydrogen-bond donors (Lipinski definition) is 0. The molecule has 10 nitrogen and oxygen atoms in total. The fourth-order valence-electron chi connectivity index (χ4n) is 4.64. The molecule has 0 bridgehead atoms. The zero-order valence-corrected chi connectivity index (χ0v) is 27.6. The fraction of sp³-hybridized carbons (Fsp3) is 0.0588. The first-order valence-electron chi connectivity index (χ1n) is 13.8. The Kier molecular flexibility index (Phi) is 10.6. The SMILES string of the molecule is Cc1ccc(-c2cn(S(=O)(=O)c3cccnc3)cc2C#N)cc1.Cc1ccccc1-c1cc(C=O)cn1S(=O)(=O)c1cccnc1.Cl. The lowest BCUT2D eigenvalue weighted by atomic mass is 10.0. The van der Waals surface area contributed by atoms with Crippen molar-refractivity contribution in [1.82, 2.24) is 17.9 Å². The Labute approximate surface area is 279 Å². The summed E-state index contributed by atoms with van der Waals surface area (Å²) in [5, 5.41) is 9.31. The van der Waals surface area contributed by atoms with E-state index in [9.17, 15) is 26.9 Å². The van der Waals surface area contributed by atoms with E-state index in [1.807, 2.05) is 62.4 Å². The van der Waals surface area contributed by atoms with Crippen LogP contribution in [-0.4, -0.2) is 41.0 Å². The number of carbonyl (C=O) groups is 1. The van der Waals surface area contributed by atoms with Crippen LogP contribution in [0.5, 0.6) is 0 Å². The molecular formula is C34H28ClN5O5S2. The molecule has 0 saturated carbocycles. The van der Waals surface area contributed by atoms with Crippen LogP contribution < -0.4 is 0 Å². The maximum Gasteiger partial charge on any atom is 0.269 e. The molecule has 0 amide bonds. The van der Waals surface area contributed by atoms with Gasteiger partial charge in [0.15, 0.2) is 6.29 Å². The molecule has 0 spiro atoms. The van der Waals surface area contributed by atoms with Crippen molar-refractivity contribution in [2.24, 2.45) is 0 Å². The molecule has 0 aliphatic carbocycles. The molecule has 4 aromatic heterocycles. The van der Waals surface area contributed by atoms with E-state index in [2.05, 4.69) is 16.0 Å². The minimum Gasteiger partial charge on any atom is -0.298 e. The van der Waals surface area contributed by atoms with Gasteiger partial charge in [0.05, 0.1) is 11.3 Å². The molecule has 6 rings (SSSR count). The second kappa shape index (κ2) is 14.4. The molecule has 0 aliphatic rings. The van der Waals surface area contributed by atoms with Crippen LogP contribution in [0.25, 0.3) is 22.4 Å². The Hall–Kier alpha value is -5.35. The van der Waals surface area contributed by atoms with Gasteiger partial charge in [-0.25, -0.2) is 24.8 Å². The van der Waals surface area contributed by atoms with Gasteiger partial charge in [-0.15, -0.1) is 12.4 Å². The highest BCUT2D eigenvalue weighted by Crippen LogP contribution is 2.29. The first kappa shape index (κ1) is 34.5. The lowest BCUT2D eigenvalue weighted by Crippen LogP contribution is -2.13. The summed E-state index contributed by atoms with van der Waals surface area (Å²) in [5.41, 5.74) is 5.21. The number of halogens is 1. The number of nitrogens with zero attached hydrogens (tertiary/aromatic N) is 5. The van der Waals surface area contributed by atoms with Gasteiger partial charge in [-0.1, -0.05) is 54.1 Å². The third-order valence-electron chi connectivity index (χ3n) is 7.05. The molecule has 0 N–H and O–H groups in total. The average Bonchev–Trinajstić information content (AvgIpc) is 3.73. The van der Waals surface area contributed by atoms with Crippen LogP contribution in [0.15, 0.2) is 132 Å². The van der Waals surface area contributed by atoms with Gasteiger partial charge in [-0.2, -0.15) is 5.26 Å². The van der Waals surface area contributed by atoms with Crippen LogP contribution in [0.3, 0.4) is 0 Å². The van der Waals surface area contributed by atoms with Crippen LogP contribution in [0.2, 0.25) is 0 Å². The minimum atomic E-state index is -3.83. The molecule has 6 aromatic rings. The molecule has 0 aliphatic heterocycles. The molecule has 13 heteroatoms. The number of pyridine rings is 2. The van der Waals surface area contributed by atoms with Crippen LogP contribution in [-0.2, 0) is 20.0 Å². The van der Waals surface area contributed by atoms with Crippen molar-refractivity contribution in [1.29, 1.82) is 5.26 Å². The minimum absolute atomic E-state index is 0. The summed E-state index contributed by atoms with van der Waals surface area (Å²) in [6.45, 7) is 3.86. The summed E-state index contributed by atoms with van der Waals surface area (Å²) in [5.74, 6) is 0. The van der Waals surface area contributed by atoms with Crippen LogP contribution in [0, 0.1) is 25.2 Å². The summed E-state index contributed by atoms with van der Waals surface area (Å²) in [6, 6.07) is 24.7. The normalized spacial score (nSPS) is 11.0. The van der Waals surface area contributed by atoms with E-state index in [-0.39, 0.29) is 22.2 Å². The summed E-state index contributed by atoms with van der Waals surface area (Å²) >= 11 is 0. The Bertz CT molecular complexity index is 2280. The topological polar surface area (TPSA) is 145 Å². The van der Waals surface area contributed by atoms with Gasteiger partial charge in [-0.05, 0) is 55.3 Å². The zero-order valence-electron chi connectivity index (χ0n) is 25.1. The highest BCUT2D eigenvalue weighted by atomic mass is 35.5. The van der Waals surface area contributed by atoms with Crippen LogP contribution in [0.4, 0.5) is 0 Å². The van der Waals surface area contributed by atoms with Crippen molar-refractivity contribution >= 4 is 38.7 Å². The number of benzene rings is 2. The summed E-state index contributed by atoms with van der Waals surface area (Å²) in [7, 11) is -7.59. The second-order valence-corrected chi connectivity index (χ2v) is 13.8. The van der Waals surface area contributed by atoms with Gasteiger partial charge in [0.25, 0.3) is 20.0 Å². The van der Waals surface area contributed by atoms with Crippen molar-refractivity contribution in [2.75, 3.05) is 0 Å². The lowest BCUT2D eigenvalue weighted by Gasteiger charge is -2.12. The Morgan fingerprint density at radius 3 is 1.91 bits per heavy atom. The number of carbonyl (C=O) groups excluding carboxylic acids is 1. The third-order valence-corrected chi connectivity index (χ3v) is 10.3. The first-order valence-corrected chi connectivity index (χ1v) is 16.7. The number of hydrogen-bond acceptors (Lipinski definition) is 8. The predicted octanol–water partition coefficient (Wildman–Crippen LogP) is 6.30. The van der Waals surface area contributed by atoms with Crippen molar-refractivity contribution in [3.8, 4) is 28.5 Å². The van der Waals surface area contributed by atoms with Gasteiger partial charge in [-0.3, -0.25) is 14.8 Å². The molecule has 238 valence electrons. The number of aromatic nitrogens is 4. The van der Waals surface area contributed by atoms with E-state index in [4.69, 9.17) is 0 Å². The molecule has 0 saturated heterocycles. The number of aryl methyl sites for hydroxylation is 2. The summed E-state index contributed by atoms with van der Waals surface area (Å²) in [4.78, 5) is 19.0. The third kappa shape index (κ3) is 7.23. The van der Waals surface area contributed by atoms with E-state index >= 15 is 0 Å². The van der Waals surface area contributed by atoms with Gasteiger partial charge in [0, 0.05) is 60.1 Å². The van der Waals surface area contributed by atoms with E-state index in [0.717, 1.165) is 30.2 Å². The smallest absolute Gasteiger partial charge is 0.269 e. The number of aldehydes is 1. The standard InChI is InChI=1S/C17H13N3O2S.C17H14N2O3S.ClH/c1-13-4-6-14(7-5-13)17-12-20(11-15(17)9-18)23(21,22)16-3-2-8-19-10-16;1-13-5-2-3-7-16(13)17-9-14(12-20)11-19(17)23(21,22)15-6-4-8-18-10-15;/h2-8,10-12H,1H3;2-12H,1H3;1H. The van der Waals surface area contributed by atoms with Gasteiger partial charge >= 0.3 is 0 Å². The maximum atomic E-state index is 12.9. The molecule has 0 fully saturated rings. The van der Waals surface area contributed by atoms with E-state index in [1.165, 1.54) is 55.5 Å². The Morgan fingerprint density at radius 2 is 1.36 bits per heavy atom.